The molecule has 0 unspecified atom stereocenters. The maximum atomic E-state index is 13.0. The molecule has 0 atom stereocenters. The number of hydrogen-bond donors (Lipinski definition) is 0. The summed E-state index contributed by atoms with van der Waals surface area (Å²) in [6.07, 6.45) is 0.298. The lowest BCUT2D eigenvalue weighted by molar-refractivity contribution is -0.130. The lowest BCUT2D eigenvalue weighted by Crippen LogP contribution is -2.49. The number of methoxy groups -OCH3 is 2. The van der Waals surface area contributed by atoms with Gasteiger partial charge in [0.2, 0.25) is 5.91 Å². The number of halogens is 1. The first-order chi connectivity index (χ1) is 12.6. The molecule has 5 nitrogen and oxygen atoms in total. The maximum absolute atomic E-state index is 13.0. The van der Waals surface area contributed by atoms with Crippen LogP contribution in [0.4, 0.5) is 10.1 Å². The van der Waals surface area contributed by atoms with Crippen molar-refractivity contribution in [2.24, 2.45) is 0 Å². The monoisotopic (exact) mass is 358 g/mol. The standard InChI is InChI=1S/C20H23FN2O3/c1-25-17-7-8-18(19(14-17)26-2)22-9-11-23(12-10-22)20(24)13-15-3-5-16(21)6-4-15/h3-8,14H,9-13H2,1-2H3. The third-order valence-corrected chi connectivity index (χ3v) is 4.63. The number of carbonyl (C=O) groups is 1. The fourth-order valence-corrected chi connectivity index (χ4v) is 3.13. The summed E-state index contributed by atoms with van der Waals surface area (Å²) in [5, 5.41) is 0. The number of amides is 1. The van der Waals surface area contributed by atoms with E-state index in [1.807, 2.05) is 23.1 Å². The molecular formula is C20H23FN2O3. The molecule has 1 aliphatic rings. The highest BCUT2D eigenvalue weighted by Gasteiger charge is 2.23. The minimum Gasteiger partial charge on any atom is -0.497 e. The third-order valence-electron chi connectivity index (χ3n) is 4.63. The summed E-state index contributed by atoms with van der Waals surface area (Å²) in [7, 11) is 3.26. The lowest BCUT2D eigenvalue weighted by atomic mass is 10.1. The molecule has 0 saturated carbocycles. The van der Waals surface area contributed by atoms with E-state index in [9.17, 15) is 9.18 Å². The van der Waals surface area contributed by atoms with E-state index in [0.29, 0.717) is 19.5 Å². The van der Waals surface area contributed by atoms with Crippen LogP contribution in [0.3, 0.4) is 0 Å². The molecule has 3 rings (SSSR count). The van der Waals surface area contributed by atoms with Crippen LogP contribution in [0.15, 0.2) is 42.5 Å². The van der Waals surface area contributed by atoms with Crippen LogP contribution in [0.2, 0.25) is 0 Å². The van der Waals surface area contributed by atoms with Gasteiger partial charge in [-0.1, -0.05) is 12.1 Å². The summed E-state index contributed by atoms with van der Waals surface area (Å²) in [6.45, 7) is 2.76. The Labute approximate surface area is 152 Å². The van der Waals surface area contributed by atoms with Gasteiger partial charge in [0.1, 0.15) is 17.3 Å². The Bertz CT molecular complexity index is 756. The highest BCUT2D eigenvalue weighted by atomic mass is 19.1. The zero-order chi connectivity index (χ0) is 18.5. The van der Waals surface area contributed by atoms with Gasteiger partial charge >= 0.3 is 0 Å². The van der Waals surface area contributed by atoms with E-state index in [2.05, 4.69) is 4.90 Å². The van der Waals surface area contributed by atoms with E-state index in [-0.39, 0.29) is 11.7 Å². The van der Waals surface area contributed by atoms with Crippen molar-refractivity contribution in [3.05, 3.63) is 53.8 Å². The van der Waals surface area contributed by atoms with Crippen LogP contribution >= 0.6 is 0 Å². The molecule has 2 aromatic rings. The quantitative estimate of drug-likeness (QED) is 0.824. The number of piperazine rings is 1. The van der Waals surface area contributed by atoms with Gasteiger partial charge in [-0.3, -0.25) is 4.79 Å². The predicted octanol–water partition coefficient (Wildman–Crippen LogP) is 2.73. The van der Waals surface area contributed by atoms with Gasteiger partial charge in [-0.2, -0.15) is 0 Å². The number of nitrogens with zero attached hydrogens (tertiary/aromatic N) is 2. The van der Waals surface area contributed by atoms with Crippen molar-refractivity contribution in [1.29, 1.82) is 0 Å². The Balaban J connectivity index is 1.60. The smallest absolute Gasteiger partial charge is 0.227 e. The molecule has 1 amide bonds. The van der Waals surface area contributed by atoms with Crippen molar-refractivity contribution in [2.75, 3.05) is 45.3 Å². The van der Waals surface area contributed by atoms with Crippen LogP contribution in [-0.2, 0) is 11.2 Å². The number of hydrogen-bond acceptors (Lipinski definition) is 4. The second-order valence-corrected chi connectivity index (χ2v) is 6.21. The Morgan fingerprint density at radius 2 is 1.69 bits per heavy atom. The van der Waals surface area contributed by atoms with Gasteiger partial charge in [-0.05, 0) is 29.8 Å². The van der Waals surface area contributed by atoms with Crippen molar-refractivity contribution >= 4 is 11.6 Å². The molecule has 0 N–H and O–H groups in total. The number of rotatable bonds is 5. The summed E-state index contributed by atoms with van der Waals surface area (Å²) < 4.78 is 23.7. The van der Waals surface area contributed by atoms with Crippen LogP contribution in [0.25, 0.3) is 0 Å². The molecule has 26 heavy (non-hydrogen) atoms. The summed E-state index contributed by atoms with van der Waals surface area (Å²) in [4.78, 5) is 16.5. The first-order valence-electron chi connectivity index (χ1n) is 8.60. The molecule has 6 heteroatoms. The first-order valence-corrected chi connectivity index (χ1v) is 8.60. The molecule has 1 heterocycles. The zero-order valence-electron chi connectivity index (χ0n) is 15.1. The zero-order valence-corrected chi connectivity index (χ0v) is 15.1. The van der Waals surface area contributed by atoms with Crippen LogP contribution in [-0.4, -0.2) is 51.2 Å². The first kappa shape index (κ1) is 18.0. The average Bonchev–Trinajstić information content (AvgIpc) is 2.69. The molecule has 2 aromatic carbocycles. The fourth-order valence-electron chi connectivity index (χ4n) is 3.13. The minimum absolute atomic E-state index is 0.0676. The topological polar surface area (TPSA) is 42.0 Å². The van der Waals surface area contributed by atoms with Crippen LogP contribution < -0.4 is 14.4 Å². The Hall–Kier alpha value is -2.76. The van der Waals surface area contributed by atoms with Crippen molar-refractivity contribution in [1.82, 2.24) is 4.90 Å². The Morgan fingerprint density at radius 3 is 2.31 bits per heavy atom. The molecule has 0 spiro atoms. The van der Waals surface area contributed by atoms with Gasteiger partial charge in [0.15, 0.2) is 0 Å². The maximum Gasteiger partial charge on any atom is 0.227 e. The molecule has 1 saturated heterocycles. The number of anilines is 1. The largest absolute Gasteiger partial charge is 0.497 e. The van der Waals surface area contributed by atoms with Crippen molar-refractivity contribution in [2.45, 2.75) is 6.42 Å². The van der Waals surface area contributed by atoms with E-state index >= 15 is 0 Å². The summed E-state index contributed by atoms with van der Waals surface area (Å²) >= 11 is 0. The van der Waals surface area contributed by atoms with Crippen LogP contribution in [0.1, 0.15) is 5.56 Å². The highest BCUT2D eigenvalue weighted by Crippen LogP contribution is 2.32. The predicted molar refractivity (Wildman–Crippen MR) is 98.4 cm³/mol. The van der Waals surface area contributed by atoms with Gasteiger partial charge in [-0.15, -0.1) is 0 Å². The van der Waals surface area contributed by atoms with Crippen molar-refractivity contribution < 1.29 is 18.7 Å². The van der Waals surface area contributed by atoms with E-state index < -0.39 is 0 Å². The SMILES string of the molecule is COc1ccc(N2CCN(C(=O)Cc3ccc(F)cc3)CC2)c(OC)c1. The van der Waals surface area contributed by atoms with Gasteiger partial charge < -0.3 is 19.3 Å². The van der Waals surface area contributed by atoms with Crippen LogP contribution in [0, 0.1) is 5.82 Å². The molecule has 1 aliphatic heterocycles. The summed E-state index contributed by atoms with van der Waals surface area (Å²) in [6, 6.07) is 11.8. The van der Waals surface area contributed by atoms with E-state index in [1.54, 1.807) is 26.4 Å². The van der Waals surface area contributed by atoms with Crippen molar-refractivity contribution in [3.8, 4) is 11.5 Å². The number of ether oxygens (including phenoxy) is 2. The van der Waals surface area contributed by atoms with Gasteiger partial charge in [-0.25, -0.2) is 4.39 Å². The van der Waals surface area contributed by atoms with Gasteiger partial charge in [0, 0.05) is 32.2 Å². The van der Waals surface area contributed by atoms with Gasteiger partial charge in [0.25, 0.3) is 0 Å². The molecule has 0 aromatic heterocycles. The molecule has 1 fully saturated rings. The van der Waals surface area contributed by atoms with Crippen molar-refractivity contribution in [3.63, 3.8) is 0 Å². The number of benzene rings is 2. The minimum atomic E-state index is -0.289. The lowest BCUT2D eigenvalue weighted by Gasteiger charge is -2.36. The molecule has 0 bridgehead atoms. The van der Waals surface area contributed by atoms with Crippen LogP contribution in [0.5, 0.6) is 11.5 Å². The average molecular weight is 358 g/mol. The number of carbonyl (C=O) groups excluding carboxylic acids is 1. The van der Waals surface area contributed by atoms with E-state index in [0.717, 1.165) is 35.8 Å². The molecule has 138 valence electrons. The molecule has 0 aliphatic carbocycles. The van der Waals surface area contributed by atoms with E-state index in [1.165, 1.54) is 12.1 Å². The summed E-state index contributed by atoms with van der Waals surface area (Å²) in [5.41, 5.74) is 1.83. The second kappa shape index (κ2) is 8.08. The molecule has 0 radical (unpaired) electrons. The fraction of sp³-hybridized carbons (Fsp3) is 0.350. The van der Waals surface area contributed by atoms with E-state index in [4.69, 9.17) is 9.47 Å². The van der Waals surface area contributed by atoms with Gasteiger partial charge in [0.05, 0.1) is 26.3 Å². The highest BCUT2D eigenvalue weighted by molar-refractivity contribution is 5.79. The third kappa shape index (κ3) is 4.07. The Kier molecular flexibility index (Phi) is 5.61. The normalized spacial score (nSPS) is 14.3. The Morgan fingerprint density at radius 1 is 1.00 bits per heavy atom. The molecular weight excluding hydrogens is 335 g/mol. The second-order valence-electron chi connectivity index (χ2n) is 6.21. The summed E-state index contributed by atoms with van der Waals surface area (Å²) in [5.74, 6) is 1.29.